The van der Waals surface area contributed by atoms with E-state index in [0.29, 0.717) is 0 Å². The van der Waals surface area contributed by atoms with E-state index in [1.165, 1.54) is 0 Å². The van der Waals surface area contributed by atoms with Gasteiger partial charge in [0.05, 0.1) is 6.61 Å². The molecule has 0 aromatic carbocycles. The van der Waals surface area contributed by atoms with Gasteiger partial charge in [-0.1, -0.05) is 143 Å². The zero-order valence-corrected chi connectivity index (χ0v) is 20.8. The quantitative estimate of drug-likeness (QED) is 0.334. The third kappa shape index (κ3) is 4.12. The molecule has 0 heterocycles. The van der Waals surface area contributed by atoms with Crippen LogP contribution >= 0.6 is 143 Å². The number of rotatable bonds is 3. The maximum absolute atomic E-state index is 9.32. The lowest BCUT2D eigenvalue weighted by atomic mass is 10.2. The highest BCUT2D eigenvalue weighted by Gasteiger charge is 2.64. The van der Waals surface area contributed by atoms with Crippen molar-refractivity contribution in [2.45, 2.75) is 11.8 Å². The lowest BCUT2D eigenvalue weighted by Gasteiger charge is -2.46. The molecular formula is C5H3Br9O. The molecule has 0 unspecified atom stereocenters. The van der Waals surface area contributed by atoms with Gasteiger partial charge in [-0.25, -0.2) is 0 Å². The maximum atomic E-state index is 9.32. The van der Waals surface area contributed by atoms with Gasteiger partial charge >= 0.3 is 0 Å². The molecule has 0 spiro atoms. The molecule has 1 nitrogen and oxygen atoms in total. The first-order valence-corrected chi connectivity index (χ1v) is 10.3. The minimum atomic E-state index is -0.791. The van der Waals surface area contributed by atoms with Gasteiger partial charge in [-0.15, -0.1) is 0 Å². The Morgan fingerprint density at radius 2 is 1.00 bits per heavy atom. The van der Waals surface area contributed by atoms with Crippen LogP contribution in [0.1, 0.15) is 0 Å². The van der Waals surface area contributed by atoms with E-state index in [9.17, 15) is 5.11 Å². The third-order valence-electron chi connectivity index (χ3n) is 1.41. The first-order chi connectivity index (χ1) is 6.31. The number of aliphatic hydroxyl groups is 1. The summed E-state index contributed by atoms with van der Waals surface area (Å²) in [6, 6.07) is 0. The normalized spacial score (nSPS) is 15.6. The van der Waals surface area contributed by atoms with Crippen molar-refractivity contribution < 1.29 is 5.11 Å². The van der Waals surface area contributed by atoms with Crippen molar-refractivity contribution >= 4 is 143 Å². The zero-order valence-electron chi connectivity index (χ0n) is 6.56. The fourth-order valence-corrected chi connectivity index (χ4v) is 6.18. The van der Waals surface area contributed by atoms with Crippen LogP contribution in [0.25, 0.3) is 0 Å². The number of aliphatic hydroxyl groups excluding tert-OH is 1. The number of hydrogen-bond acceptors (Lipinski definition) is 1. The Labute approximate surface area is 164 Å². The molecule has 10 heteroatoms. The van der Waals surface area contributed by atoms with Crippen LogP contribution in [0, 0.1) is 0 Å². The molecule has 0 radical (unpaired) electrons. The van der Waals surface area contributed by atoms with E-state index in [2.05, 4.69) is 143 Å². The molecule has 0 fully saturated rings. The highest BCUT2D eigenvalue weighted by Crippen LogP contribution is 2.68. The highest BCUT2D eigenvalue weighted by atomic mass is 80.0. The molecule has 0 aliphatic carbocycles. The van der Waals surface area contributed by atoms with Crippen molar-refractivity contribution in [3.05, 3.63) is 0 Å². The van der Waals surface area contributed by atoms with E-state index in [4.69, 9.17) is 0 Å². The average Bonchev–Trinajstić information content (AvgIpc) is 2.01. The highest BCUT2D eigenvalue weighted by molar-refractivity contribution is 9.42. The number of halogens is 9. The second-order valence-electron chi connectivity index (χ2n) is 2.51. The van der Waals surface area contributed by atoms with Crippen molar-refractivity contribution in [1.82, 2.24) is 0 Å². The van der Waals surface area contributed by atoms with Crippen LogP contribution in [-0.4, -0.2) is 23.6 Å². The van der Waals surface area contributed by atoms with Crippen LogP contribution in [0.4, 0.5) is 0 Å². The van der Waals surface area contributed by atoms with Gasteiger partial charge in [0, 0.05) is 0 Å². The van der Waals surface area contributed by atoms with Gasteiger partial charge < -0.3 is 5.11 Å². The first kappa shape index (κ1) is 19.3. The Morgan fingerprint density at radius 1 is 0.667 bits per heavy atom. The molecule has 0 aliphatic heterocycles. The van der Waals surface area contributed by atoms with Gasteiger partial charge in [0.1, 0.15) is 9.70 Å². The molecule has 0 aliphatic rings. The minimum absolute atomic E-state index is 0.147. The molecular weight excluding hydrogens is 795 g/mol. The van der Waals surface area contributed by atoms with Gasteiger partial charge in [0.15, 0.2) is 2.14 Å². The van der Waals surface area contributed by atoms with Gasteiger partial charge in [-0.3, -0.25) is 0 Å². The summed E-state index contributed by atoms with van der Waals surface area (Å²) in [7, 11) is 0. The predicted octanol–water partition coefficient (Wildman–Crippen LogP) is 6.28. The van der Waals surface area contributed by atoms with Crippen LogP contribution in [0.5, 0.6) is 0 Å². The molecule has 0 atom stereocenters. The summed E-state index contributed by atoms with van der Waals surface area (Å²) in [6.07, 6.45) is 0. The standard InChI is InChI=1S/C5H3Br9O/c6-2(7,1-15)3(8,9)4(10,11)5(12,13)14/h15H,1H2. The molecule has 1 N–H and O–H groups in total. The van der Waals surface area contributed by atoms with E-state index in [-0.39, 0.29) is 6.61 Å². The molecule has 0 saturated heterocycles. The Balaban J connectivity index is 5.38. The molecule has 0 saturated carbocycles. The fraction of sp³-hybridized carbons (Fsp3) is 1.00. The Morgan fingerprint density at radius 3 is 1.20 bits per heavy atom. The number of alkyl halides is 9. The Bertz CT molecular complexity index is 229. The lowest BCUT2D eigenvalue weighted by molar-refractivity contribution is 0.283. The molecule has 0 bridgehead atoms. The van der Waals surface area contributed by atoms with Crippen molar-refractivity contribution in [2.24, 2.45) is 0 Å². The smallest absolute Gasteiger partial charge is 0.162 e. The van der Waals surface area contributed by atoms with E-state index in [0.717, 1.165) is 0 Å². The summed E-state index contributed by atoms with van der Waals surface area (Å²) in [4.78, 5) is 0. The van der Waals surface area contributed by atoms with E-state index in [1.54, 1.807) is 0 Å². The molecule has 15 heavy (non-hydrogen) atoms. The second kappa shape index (κ2) is 6.37. The Kier molecular flexibility index (Phi) is 8.18. The van der Waals surface area contributed by atoms with Crippen LogP contribution in [0.3, 0.4) is 0 Å². The van der Waals surface area contributed by atoms with Crippen molar-refractivity contribution in [3.63, 3.8) is 0 Å². The lowest BCUT2D eigenvalue weighted by Crippen LogP contribution is -2.55. The van der Waals surface area contributed by atoms with Crippen molar-refractivity contribution in [2.75, 3.05) is 6.61 Å². The summed E-state index contributed by atoms with van der Waals surface area (Å²) in [5, 5.41) is 9.32. The van der Waals surface area contributed by atoms with Gasteiger partial charge in [0.25, 0.3) is 0 Å². The topological polar surface area (TPSA) is 20.2 Å². The maximum Gasteiger partial charge on any atom is 0.162 e. The molecule has 0 aromatic heterocycles. The largest absolute Gasteiger partial charge is 0.394 e. The second-order valence-corrected chi connectivity index (χ2v) is 19.9. The van der Waals surface area contributed by atoms with Crippen LogP contribution < -0.4 is 0 Å². The molecule has 0 aromatic rings. The average molecular weight is 798 g/mol. The summed E-state index contributed by atoms with van der Waals surface area (Å²) < 4.78 is -2.95. The fourth-order valence-electron chi connectivity index (χ4n) is 0.507. The summed E-state index contributed by atoms with van der Waals surface area (Å²) >= 11 is 31.0. The molecule has 92 valence electrons. The summed E-state index contributed by atoms with van der Waals surface area (Å²) in [5.41, 5.74) is 0. The summed E-state index contributed by atoms with van der Waals surface area (Å²) in [6.45, 7) is -0.147. The predicted molar refractivity (Wildman–Crippen MR) is 98.4 cm³/mol. The Hall–Kier alpha value is 4.28. The third-order valence-corrected chi connectivity index (χ3v) is 17.3. The SMILES string of the molecule is OCC(Br)(Br)C(Br)(Br)C(Br)(Br)C(Br)(Br)Br. The molecule has 0 amide bonds. The monoisotopic (exact) mass is 789 g/mol. The molecule has 0 rings (SSSR count). The summed E-state index contributed by atoms with van der Waals surface area (Å²) in [5.74, 6) is 0. The van der Waals surface area contributed by atoms with E-state index >= 15 is 0 Å². The first-order valence-electron chi connectivity index (χ1n) is 3.12. The van der Waals surface area contributed by atoms with Gasteiger partial charge in [-0.05, 0) is 0 Å². The van der Waals surface area contributed by atoms with E-state index < -0.39 is 11.8 Å². The van der Waals surface area contributed by atoms with Crippen LogP contribution in [-0.2, 0) is 0 Å². The number of hydrogen-bond donors (Lipinski definition) is 1. The van der Waals surface area contributed by atoms with Crippen LogP contribution in [0.15, 0.2) is 0 Å². The minimum Gasteiger partial charge on any atom is -0.394 e. The van der Waals surface area contributed by atoms with Crippen molar-refractivity contribution in [1.29, 1.82) is 0 Å². The van der Waals surface area contributed by atoms with Gasteiger partial charge in [0.2, 0.25) is 0 Å². The van der Waals surface area contributed by atoms with Crippen LogP contribution in [0.2, 0.25) is 0 Å². The van der Waals surface area contributed by atoms with Crippen molar-refractivity contribution in [3.8, 4) is 0 Å². The van der Waals surface area contributed by atoms with Gasteiger partial charge in [-0.2, -0.15) is 0 Å². The zero-order chi connectivity index (χ0) is 12.7. The van der Waals surface area contributed by atoms with E-state index in [1.807, 2.05) is 0 Å².